The molecule has 0 saturated carbocycles. The number of rotatable bonds is 5. The van der Waals surface area contributed by atoms with E-state index >= 15 is 0 Å². The molecule has 1 fully saturated rings. The minimum atomic E-state index is 0.0259. The van der Waals surface area contributed by atoms with Crippen LogP contribution in [0.1, 0.15) is 46.1 Å². The van der Waals surface area contributed by atoms with Crippen molar-refractivity contribution in [2.75, 3.05) is 31.6 Å². The van der Waals surface area contributed by atoms with E-state index in [1.807, 2.05) is 14.0 Å². The quantitative estimate of drug-likeness (QED) is 0.872. The molecule has 134 valence electrons. The molecule has 24 heavy (non-hydrogen) atoms. The number of carbonyl (C=O) groups is 1. The predicted octanol–water partition coefficient (Wildman–Crippen LogP) is 2.92. The highest BCUT2D eigenvalue weighted by Gasteiger charge is 2.23. The van der Waals surface area contributed by atoms with Crippen LogP contribution in [0, 0.1) is 5.92 Å². The molecule has 1 atom stereocenters. The first-order valence-electron chi connectivity index (χ1n) is 9.11. The topological polar surface area (TPSA) is 44.4 Å². The van der Waals surface area contributed by atoms with Crippen LogP contribution in [0.4, 0.5) is 5.69 Å². The summed E-state index contributed by atoms with van der Waals surface area (Å²) >= 11 is 0. The molecule has 1 aromatic carbocycles. The van der Waals surface area contributed by atoms with Gasteiger partial charge in [-0.2, -0.15) is 0 Å². The van der Waals surface area contributed by atoms with E-state index in [0.717, 1.165) is 32.5 Å². The molecule has 1 aromatic rings. The van der Waals surface area contributed by atoms with Crippen molar-refractivity contribution in [1.82, 2.24) is 10.6 Å². The molecule has 0 aliphatic carbocycles. The summed E-state index contributed by atoms with van der Waals surface area (Å²) in [6.45, 7) is 11.4. The summed E-state index contributed by atoms with van der Waals surface area (Å²) in [5.41, 5.74) is 2.85. The molecule has 4 heteroatoms. The van der Waals surface area contributed by atoms with Crippen molar-refractivity contribution < 1.29 is 4.79 Å². The number of nitrogens with one attached hydrogen (secondary N) is 2. The second-order valence-corrected chi connectivity index (χ2v) is 8.03. The van der Waals surface area contributed by atoms with Gasteiger partial charge in [0.2, 0.25) is 5.91 Å². The van der Waals surface area contributed by atoms with Gasteiger partial charge in [-0.25, -0.2) is 0 Å². The van der Waals surface area contributed by atoms with Crippen molar-refractivity contribution in [3.05, 3.63) is 29.8 Å². The minimum Gasteiger partial charge on any atom is -0.371 e. The Hall–Kier alpha value is -1.55. The number of carbonyl (C=O) groups excluding carboxylic acids is 1. The molecule has 0 radical (unpaired) electrons. The van der Waals surface area contributed by atoms with E-state index in [1.54, 1.807) is 0 Å². The molecule has 1 heterocycles. The average molecular weight is 332 g/mol. The first kappa shape index (κ1) is 18.8. The smallest absolute Gasteiger partial charge is 0.224 e. The second-order valence-electron chi connectivity index (χ2n) is 8.03. The fraction of sp³-hybridized carbons (Fsp3) is 0.650. The number of hydrogen-bond donors (Lipinski definition) is 2. The lowest BCUT2D eigenvalue weighted by Gasteiger charge is -2.34. The number of piperidine rings is 1. The maximum absolute atomic E-state index is 12.1. The van der Waals surface area contributed by atoms with Crippen LogP contribution in [0.5, 0.6) is 0 Å². The predicted molar refractivity (Wildman–Crippen MR) is 102 cm³/mol. The van der Waals surface area contributed by atoms with E-state index < -0.39 is 0 Å². The Bertz CT molecular complexity index is 525. The van der Waals surface area contributed by atoms with Crippen molar-refractivity contribution >= 4 is 11.6 Å². The molecule has 0 spiro atoms. The van der Waals surface area contributed by atoms with Gasteiger partial charge in [-0.1, -0.05) is 39.8 Å². The summed E-state index contributed by atoms with van der Waals surface area (Å²) in [5, 5.41) is 6.26. The molecule has 2 N–H and O–H groups in total. The summed E-state index contributed by atoms with van der Waals surface area (Å²) < 4.78 is 0. The van der Waals surface area contributed by atoms with Gasteiger partial charge in [0.05, 0.1) is 0 Å². The number of nitrogens with zero attached hydrogens (tertiary/aromatic N) is 1. The van der Waals surface area contributed by atoms with Crippen molar-refractivity contribution in [1.29, 1.82) is 0 Å². The highest BCUT2D eigenvalue weighted by Crippen LogP contribution is 2.26. The number of hydrogen-bond acceptors (Lipinski definition) is 3. The fourth-order valence-electron chi connectivity index (χ4n) is 3.20. The Morgan fingerprint density at radius 2 is 1.79 bits per heavy atom. The molecular formula is C20H33N3O. The zero-order chi connectivity index (χ0) is 17.7. The van der Waals surface area contributed by atoms with Crippen LogP contribution in [0.2, 0.25) is 0 Å². The molecule has 0 bridgehead atoms. The number of amides is 1. The van der Waals surface area contributed by atoms with Crippen LogP contribution in [-0.2, 0) is 10.2 Å². The first-order valence-corrected chi connectivity index (χ1v) is 9.11. The van der Waals surface area contributed by atoms with E-state index in [4.69, 9.17) is 0 Å². The monoisotopic (exact) mass is 331 g/mol. The summed E-state index contributed by atoms with van der Waals surface area (Å²) in [7, 11) is 1.88. The maximum Gasteiger partial charge on any atom is 0.224 e. The first-order chi connectivity index (χ1) is 11.3. The van der Waals surface area contributed by atoms with Gasteiger partial charge in [-0.3, -0.25) is 4.79 Å². The Kier molecular flexibility index (Phi) is 6.27. The maximum atomic E-state index is 12.1. The van der Waals surface area contributed by atoms with E-state index in [9.17, 15) is 4.79 Å². The van der Waals surface area contributed by atoms with Crippen molar-refractivity contribution in [3.63, 3.8) is 0 Å². The van der Waals surface area contributed by atoms with Crippen LogP contribution in [0.15, 0.2) is 24.3 Å². The minimum absolute atomic E-state index is 0.0259. The van der Waals surface area contributed by atoms with Gasteiger partial charge in [0.25, 0.3) is 0 Å². The number of benzene rings is 1. The van der Waals surface area contributed by atoms with Crippen LogP contribution in [0.25, 0.3) is 0 Å². The Morgan fingerprint density at radius 3 is 2.29 bits per heavy atom. The average Bonchev–Trinajstić information content (AvgIpc) is 2.55. The van der Waals surface area contributed by atoms with E-state index in [1.165, 1.54) is 11.3 Å². The van der Waals surface area contributed by atoms with Gasteiger partial charge in [-0.15, -0.1) is 0 Å². The zero-order valence-electron chi connectivity index (χ0n) is 15.9. The van der Waals surface area contributed by atoms with E-state index in [2.05, 4.69) is 60.6 Å². The van der Waals surface area contributed by atoms with Crippen molar-refractivity contribution in [2.24, 2.45) is 5.92 Å². The number of anilines is 1. The lowest BCUT2D eigenvalue weighted by Crippen LogP contribution is -2.47. The normalized spacial score (nSPS) is 17.6. The summed E-state index contributed by atoms with van der Waals surface area (Å²) in [6.07, 6.45) is 2.03. The highest BCUT2D eigenvalue weighted by molar-refractivity contribution is 5.78. The summed E-state index contributed by atoms with van der Waals surface area (Å²) in [5.74, 6) is 0.190. The van der Waals surface area contributed by atoms with Crippen LogP contribution in [0.3, 0.4) is 0 Å². The summed E-state index contributed by atoms with van der Waals surface area (Å²) in [6, 6.07) is 9.25. The largest absolute Gasteiger partial charge is 0.371 e. The molecule has 0 aromatic heterocycles. The SMILES string of the molecule is CNCC(C)C(=O)NC1CCN(c2ccc(C(C)(C)C)cc2)CC1. The second kappa shape index (κ2) is 8.02. The van der Waals surface area contributed by atoms with Crippen LogP contribution in [-0.4, -0.2) is 38.6 Å². The van der Waals surface area contributed by atoms with Crippen LogP contribution < -0.4 is 15.5 Å². The lowest BCUT2D eigenvalue weighted by atomic mass is 9.87. The molecule has 4 nitrogen and oxygen atoms in total. The molecule has 1 aliphatic heterocycles. The van der Waals surface area contributed by atoms with Gasteiger partial charge < -0.3 is 15.5 Å². The van der Waals surface area contributed by atoms with Gasteiger partial charge in [0.1, 0.15) is 0 Å². The van der Waals surface area contributed by atoms with Crippen LogP contribution >= 0.6 is 0 Å². The molecule has 1 aliphatic rings. The van der Waals surface area contributed by atoms with Crippen molar-refractivity contribution in [3.8, 4) is 0 Å². The van der Waals surface area contributed by atoms with E-state index in [-0.39, 0.29) is 17.2 Å². The Morgan fingerprint density at radius 1 is 1.21 bits per heavy atom. The molecule has 1 saturated heterocycles. The standard InChI is InChI=1S/C20H33N3O/c1-15(14-21-5)19(24)22-17-10-12-23(13-11-17)18-8-6-16(7-9-18)20(2,3)4/h6-9,15,17,21H,10-14H2,1-5H3,(H,22,24). The molecule has 1 amide bonds. The molecular weight excluding hydrogens is 298 g/mol. The third kappa shape index (κ3) is 4.97. The van der Waals surface area contributed by atoms with Gasteiger partial charge >= 0.3 is 0 Å². The summed E-state index contributed by atoms with van der Waals surface area (Å²) in [4.78, 5) is 14.5. The third-order valence-electron chi connectivity index (χ3n) is 4.90. The van der Waals surface area contributed by atoms with Gasteiger partial charge in [0, 0.05) is 37.3 Å². The highest BCUT2D eigenvalue weighted by atomic mass is 16.1. The Labute approximate surface area is 147 Å². The third-order valence-corrected chi connectivity index (χ3v) is 4.90. The van der Waals surface area contributed by atoms with Crippen molar-refractivity contribution in [2.45, 2.75) is 52.0 Å². The fourth-order valence-corrected chi connectivity index (χ4v) is 3.20. The lowest BCUT2D eigenvalue weighted by molar-refractivity contribution is -0.125. The molecule has 2 rings (SSSR count). The van der Waals surface area contributed by atoms with Gasteiger partial charge in [0.15, 0.2) is 0 Å². The van der Waals surface area contributed by atoms with Gasteiger partial charge in [-0.05, 0) is 43.0 Å². The molecule has 1 unspecified atom stereocenters. The zero-order valence-corrected chi connectivity index (χ0v) is 15.9. The van der Waals surface area contributed by atoms with E-state index in [0.29, 0.717) is 6.04 Å². The Balaban J connectivity index is 1.85.